The van der Waals surface area contributed by atoms with Crippen molar-refractivity contribution in [3.63, 3.8) is 0 Å². The highest BCUT2D eigenvalue weighted by molar-refractivity contribution is 9.10. The van der Waals surface area contributed by atoms with Crippen molar-refractivity contribution in [2.75, 3.05) is 12.4 Å². The Morgan fingerprint density at radius 1 is 1.41 bits per heavy atom. The van der Waals surface area contributed by atoms with Crippen LogP contribution < -0.4 is 10.1 Å². The van der Waals surface area contributed by atoms with Crippen LogP contribution in [0.25, 0.3) is 0 Å². The molecule has 0 unspecified atom stereocenters. The van der Waals surface area contributed by atoms with Gasteiger partial charge in [-0.25, -0.2) is 4.39 Å². The zero-order valence-electron chi connectivity index (χ0n) is 9.17. The fraction of sp³-hybridized carbons (Fsp3) is 0.167. The van der Waals surface area contributed by atoms with Crippen LogP contribution in [0.15, 0.2) is 34.1 Å². The molecule has 2 nitrogen and oxygen atoms in total. The molecule has 1 aromatic heterocycles. The number of hydrogen-bond acceptors (Lipinski definition) is 3. The average Bonchev–Trinajstić information content (AvgIpc) is 2.74. The molecule has 0 saturated heterocycles. The quantitative estimate of drug-likeness (QED) is 0.909. The molecule has 1 N–H and O–H groups in total. The molecule has 5 heteroatoms. The van der Waals surface area contributed by atoms with Crippen LogP contribution >= 0.6 is 27.3 Å². The zero-order chi connectivity index (χ0) is 12.3. The summed E-state index contributed by atoms with van der Waals surface area (Å²) in [5, 5.41) is 5.05. The minimum absolute atomic E-state index is 0.279. The Balaban J connectivity index is 2.11. The third kappa shape index (κ3) is 2.98. The number of anilines is 1. The van der Waals surface area contributed by atoms with E-state index in [1.807, 2.05) is 11.4 Å². The lowest BCUT2D eigenvalue weighted by Gasteiger charge is -2.08. The minimum atomic E-state index is -0.279. The van der Waals surface area contributed by atoms with Crippen molar-refractivity contribution in [2.24, 2.45) is 0 Å². The topological polar surface area (TPSA) is 21.3 Å². The van der Waals surface area contributed by atoms with Gasteiger partial charge in [-0.05, 0) is 39.5 Å². The van der Waals surface area contributed by atoms with Crippen molar-refractivity contribution in [3.8, 4) is 5.75 Å². The van der Waals surface area contributed by atoms with E-state index in [1.54, 1.807) is 30.6 Å². The molecule has 0 aliphatic heterocycles. The summed E-state index contributed by atoms with van der Waals surface area (Å²) in [7, 11) is 1.56. The number of nitrogens with one attached hydrogen (secondary N) is 1. The van der Waals surface area contributed by atoms with Crippen molar-refractivity contribution >= 4 is 33.0 Å². The third-order valence-corrected chi connectivity index (χ3v) is 4.23. The lowest BCUT2D eigenvalue weighted by atomic mass is 10.3. The minimum Gasteiger partial charge on any atom is -0.497 e. The first-order valence-electron chi connectivity index (χ1n) is 5.00. The molecule has 0 spiro atoms. The van der Waals surface area contributed by atoms with E-state index in [9.17, 15) is 4.39 Å². The summed E-state index contributed by atoms with van der Waals surface area (Å²) in [5.74, 6) is 0.359. The molecule has 0 bridgehead atoms. The first-order chi connectivity index (χ1) is 8.20. The SMILES string of the molecule is COc1ccc(F)c(NCc2sccc2Br)c1. The molecule has 0 fully saturated rings. The molecule has 1 aromatic carbocycles. The van der Waals surface area contributed by atoms with Crippen molar-refractivity contribution in [1.82, 2.24) is 0 Å². The van der Waals surface area contributed by atoms with Gasteiger partial charge in [-0.15, -0.1) is 11.3 Å². The van der Waals surface area contributed by atoms with E-state index in [2.05, 4.69) is 21.2 Å². The van der Waals surface area contributed by atoms with Crippen LogP contribution in [0.4, 0.5) is 10.1 Å². The highest BCUT2D eigenvalue weighted by atomic mass is 79.9. The van der Waals surface area contributed by atoms with Gasteiger partial charge < -0.3 is 10.1 Å². The molecule has 0 aliphatic carbocycles. The lowest BCUT2D eigenvalue weighted by molar-refractivity contribution is 0.414. The van der Waals surface area contributed by atoms with Gasteiger partial charge in [0.05, 0.1) is 19.3 Å². The molecular weight excluding hydrogens is 305 g/mol. The van der Waals surface area contributed by atoms with Gasteiger partial charge in [0.25, 0.3) is 0 Å². The lowest BCUT2D eigenvalue weighted by Crippen LogP contribution is -2.00. The van der Waals surface area contributed by atoms with E-state index in [1.165, 1.54) is 6.07 Å². The van der Waals surface area contributed by atoms with E-state index < -0.39 is 0 Å². The summed E-state index contributed by atoms with van der Waals surface area (Å²) in [6.45, 7) is 0.586. The Bertz CT molecular complexity index is 515. The number of methoxy groups -OCH3 is 1. The third-order valence-electron chi connectivity index (χ3n) is 2.30. The van der Waals surface area contributed by atoms with Gasteiger partial charge in [0.1, 0.15) is 11.6 Å². The maximum Gasteiger partial charge on any atom is 0.146 e. The first-order valence-corrected chi connectivity index (χ1v) is 6.67. The maximum atomic E-state index is 13.5. The van der Waals surface area contributed by atoms with Crippen LogP contribution in [0.5, 0.6) is 5.75 Å². The van der Waals surface area contributed by atoms with Gasteiger partial charge in [-0.2, -0.15) is 0 Å². The van der Waals surface area contributed by atoms with Crippen LogP contribution in [0, 0.1) is 5.82 Å². The van der Waals surface area contributed by atoms with Crippen LogP contribution in [-0.2, 0) is 6.54 Å². The molecule has 90 valence electrons. The fourth-order valence-corrected chi connectivity index (χ4v) is 2.83. The van der Waals surface area contributed by atoms with E-state index in [-0.39, 0.29) is 5.82 Å². The molecule has 0 atom stereocenters. The van der Waals surface area contributed by atoms with Gasteiger partial charge in [-0.3, -0.25) is 0 Å². The number of halogens is 2. The standard InChI is InChI=1S/C12H11BrFNOS/c1-16-8-2-3-10(14)11(6-8)15-7-12-9(13)4-5-17-12/h2-6,15H,7H2,1H3. The molecule has 17 heavy (non-hydrogen) atoms. The summed E-state index contributed by atoms with van der Waals surface area (Å²) in [6, 6.07) is 6.62. The summed E-state index contributed by atoms with van der Waals surface area (Å²) in [4.78, 5) is 1.13. The highest BCUT2D eigenvalue weighted by Crippen LogP contribution is 2.26. The molecule has 1 heterocycles. The van der Waals surface area contributed by atoms with Crippen LogP contribution in [-0.4, -0.2) is 7.11 Å². The van der Waals surface area contributed by atoms with Crippen molar-refractivity contribution in [1.29, 1.82) is 0 Å². The zero-order valence-corrected chi connectivity index (χ0v) is 11.6. The summed E-state index contributed by atoms with van der Waals surface area (Å²) < 4.78 is 19.6. The van der Waals surface area contributed by atoms with E-state index in [4.69, 9.17) is 4.74 Å². The van der Waals surface area contributed by atoms with Gasteiger partial charge >= 0.3 is 0 Å². The molecule has 0 aliphatic rings. The largest absolute Gasteiger partial charge is 0.497 e. The summed E-state index contributed by atoms with van der Waals surface area (Å²) >= 11 is 5.06. The number of benzene rings is 1. The predicted octanol–water partition coefficient (Wildman–Crippen LogP) is 4.27. The maximum absolute atomic E-state index is 13.5. The molecule has 2 aromatic rings. The summed E-state index contributed by atoms with van der Waals surface area (Å²) in [5.41, 5.74) is 0.449. The molecule has 0 saturated carbocycles. The van der Waals surface area contributed by atoms with Crippen molar-refractivity contribution in [2.45, 2.75) is 6.54 Å². The van der Waals surface area contributed by atoms with Gasteiger partial charge in [0.15, 0.2) is 0 Å². The van der Waals surface area contributed by atoms with Gasteiger partial charge in [0, 0.05) is 15.4 Å². The summed E-state index contributed by atoms with van der Waals surface area (Å²) in [6.07, 6.45) is 0. The number of hydrogen-bond donors (Lipinski definition) is 1. The van der Waals surface area contributed by atoms with Crippen LogP contribution in [0.2, 0.25) is 0 Å². The van der Waals surface area contributed by atoms with E-state index >= 15 is 0 Å². The Labute approximate surface area is 112 Å². The first kappa shape index (κ1) is 12.4. The Morgan fingerprint density at radius 2 is 2.24 bits per heavy atom. The second-order valence-electron chi connectivity index (χ2n) is 3.39. The Morgan fingerprint density at radius 3 is 2.88 bits per heavy atom. The number of ether oxygens (including phenoxy) is 1. The van der Waals surface area contributed by atoms with E-state index in [0.29, 0.717) is 18.0 Å². The molecular formula is C12H11BrFNOS. The predicted molar refractivity (Wildman–Crippen MR) is 72.3 cm³/mol. The normalized spacial score (nSPS) is 10.3. The van der Waals surface area contributed by atoms with Crippen LogP contribution in [0.1, 0.15) is 4.88 Å². The Kier molecular flexibility index (Phi) is 4.02. The average molecular weight is 316 g/mol. The second kappa shape index (κ2) is 5.51. The van der Waals surface area contributed by atoms with Crippen molar-refractivity contribution < 1.29 is 9.13 Å². The fourth-order valence-electron chi connectivity index (χ4n) is 1.39. The number of rotatable bonds is 4. The van der Waals surface area contributed by atoms with Gasteiger partial charge in [0.2, 0.25) is 0 Å². The monoisotopic (exact) mass is 315 g/mol. The second-order valence-corrected chi connectivity index (χ2v) is 5.25. The molecule has 0 amide bonds. The smallest absolute Gasteiger partial charge is 0.146 e. The van der Waals surface area contributed by atoms with Gasteiger partial charge in [-0.1, -0.05) is 0 Å². The van der Waals surface area contributed by atoms with Crippen LogP contribution in [0.3, 0.4) is 0 Å². The van der Waals surface area contributed by atoms with E-state index in [0.717, 1.165) is 9.35 Å². The Hall–Kier alpha value is -1.07. The molecule has 0 radical (unpaired) electrons. The molecule has 2 rings (SSSR count). The van der Waals surface area contributed by atoms with Crippen molar-refractivity contribution in [3.05, 3.63) is 44.8 Å². The number of thiophene rings is 1. The highest BCUT2D eigenvalue weighted by Gasteiger charge is 2.05.